The monoisotopic (exact) mass is 388 g/mol. The average Bonchev–Trinajstić information content (AvgIpc) is 3.30. The molecule has 0 saturated carbocycles. The van der Waals surface area contributed by atoms with Crippen LogP contribution in [0.3, 0.4) is 0 Å². The summed E-state index contributed by atoms with van der Waals surface area (Å²) in [5.74, 6) is -1.26. The molecule has 6 nitrogen and oxygen atoms in total. The SMILES string of the molecule is CSCC1CN(c2noc3c(F)c(F)c(C4OCCO4)cc23)C(=O)S1. The fourth-order valence-corrected chi connectivity index (χ4v) is 4.85. The largest absolute Gasteiger partial charge is 0.351 e. The zero-order chi connectivity index (χ0) is 17.6. The summed E-state index contributed by atoms with van der Waals surface area (Å²) in [7, 11) is 0. The van der Waals surface area contributed by atoms with E-state index in [2.05, 4.69) is 5.16 Å². The molecule has 1 unspecified atom stereocenters. The number of anilines is 1. The third-order valence-corrected chi connectivity index (χ3v) is 6.03. The molecule has 2 fully saturated rings. The Kier molecular flexibility index (Phi) is 4.61. The third-order valence-electron chi connectivity index (χ3n) is 4.01. The first-order chi connectivity index (χ1) is 12.1. The van der Waals surface area contributed by atoms with Gasteiger partial charge in [-0.1, -0.05) is 16.9 Å². The maximum atomic E-state index is 14.4. The molecule has 3 heterocycles. The van der Waals surface area contributed by atoms with E-state index >= 15 is 0 Å². The molecule has 1 amide bonds. The first-order valence-electron chi connectivity index (χ1n) is 7.57. The molecule has 2 aliphatic heterocycles. The van der Waals surface area contributed by atoms with Crippen LogP contribution in [-0.4, -0.2) is 47.4 Å². The lowest BCUT2D eigenvalue weighted by atomic mass is 10.1. The highest BCUT2D eigenvalue weighted by atomic mass is 32.2. The number of hydrogen-bond donors (Lipinski definition) is 0. The van der Waals surface area contributed by atoms with E-state index in [1.165, 1.54) is 22.7 Å². The minimum atomic E-state index is -1.16. The van der Waals surface area contributed by atoms with Crippen LogP contribution < -0.4 is 4.90 Å². The van der Waals surface area contributed by atoms with Gasteiger partial charge in [0.05, 0.1) is 18.6 Å². The van der Waals surface area contributed by atoms with Crippen LogP contribution in [0, 0.1) is 11.6 Å². The van der Waals surface area contributed by atoms with Crippen LogP contribution in [0.5, 0.6) is 0 Å². The number of carbonyl (C=O) groups excluding carboxylic acids is 1. The molecular formula is C15H14F2N2O4S2. The molecule has 134 valence electrons. The topological polar surface area (TPSA) is 64.8 Å². The molecule has 2 aromatic rings. The molecule has 25 heavy (non-hydrogen) atoms. The fraction of sp³-hybridized carbons (Fsp3) is 0.467. The van der Waals surface area contributed by atoms with Crippen LogP contribution in [0.1, 0.15) is 11.9 Å². The van der Waals surface area contributed by atoms with E-state index in [4.69, 9.17) is 14.0 Å². The van der Waals surface area contributed by atoms with Crippen LogP contribution >= 0.6 is 23.5 Å². The summed E-state index contributed by atoms with van der Waals surface area (Å²) in [6.07, 6.45) is 0.986. The van der Waals surface area contributed by atoms with Gasteiger partial charge in [0, 0.05) is 23.1 Å². The number of fused-ring (bicyclic) bond motifs is 1. The smallest absolute Gasteiger partial charge is 0.287 e. The van der Waals surface area contributed by atoms with E-state index < -0.39 is 17.9 Å². The number of nitrogens with zero attached hydrogens (tertiary/aromatic N) is 2. The molecule has 2 saturated heterocycles. The zero-order valence-electron chi connectivity index (χ0n) is 13.2. The summed E-state index contributed by atoms with van der Waals surface area (Å²) >= 11 is 2.85. The Bertz CT molecular complexity index is 825. The Labute approximate surface area is 150 Å². The third kappa shape index (κ3) is 2.90. The van der Waals surface area contributed by atoms with E-state index in [9.17, 15) is 13.6 Å². The van der Waals surface area contributed by atoms with Gasteiger partial charge in [-0.25, -0.2) is 4.39 Å². The number of rotatable bonds is 4. The van der Waals surface area contributed by atoms with Crippen molar-refractivity contribution in [1.82, 2.24) is 5.16 Å². The van der Waals surface area contributed by atoms with Crippen molar-refractivity contribution in [3.8, 4) is 0 Å². The van der Waals surface area contributed by atoms with Gasteiger partial charge in [-0.3, -0.25) is 9.69 Å². The van der Waals surface area contributed by atoms with Crippen LogP contribution in [-0.2, 0) is 9.47 Å². The molecule has 1 aromatic carbocycles. The van der Waals surface area contributed by atoms with Crippen molar-refractivity contribution in [1.29, 1.82) is 0 Å². The number of aromatic nitrogens is 1. The van der Waals surface area contributed by atoms with Gasteiger partial charge >= 0.3 is 0 Å². The van der Waals surface area contributed by atoms with E-state index in [1.807, 2.05) is 6.26 Å². The second-order valence-corrected chi connectivity index (χ2v) is 7.78. The van der Waals surface area contributed by atoms with Gasteiger partial charge in [0.15, 0.2) is 17.9 Å². The van der Waals surface area contributed by atoms with Gasteiger partial charge in [-0.05, 0) is 12.3 Å². The highest BCUT2D eigenvalue weighted by Crippen LogP contribution is 2.39. The first-order valence-corrected chi connectivity index (χ1v) is 9.85. The number of thioether (sulfide) groups is 2. The van der Waals surface area contributed by atoms with Crippen molar-refractivity contribution in [2.24, 2.45) is 0 Å². The van der Waals surface area contributed by atoms with E-state index in [0.717, 1.165) is 5.75 Å². The van der Waals surface area contributed by atoms with Crippen molar-refractivity contribution >= 4 is 45.6 Å². The summed E-state index contributed by atoms with van der Waals surface area (Å²) in [5, 5.41) is 3.97. The van der Waals surface area contributed by atoms with Crippen LogP contribution in [0.25, 0.3) is 11.0 Å². The van der Waals surface area contributed by atoms with E-state index in [1.54, 1.807) is 11.8 Å². The summed E-state index contributed by atoms with van der Waals surface area (Å²) in [6, 6.07) is 1.38. The zero-order valence-corrected chi connectivity index (χ0v) is 14.8. The van der Waals surface area contributed by atoms with E-state index in [-0.39, 0.29) is 32.8 Å². The molecule has 0 bridgehead atoms. The molecule has 0 N–H and O–H groups in total. The quantitative estimate of drug-likeness (QED) is 0.793. The van der Waals surface area contributed by atoms with Gasteiger partial charge < -0.3 is 14.0 Å². The van der Waals surface area contributed by atoms with E-state index in [0.29, 0.717) is 19.8 Å². The van der Waals surface area contributed by atoms with Gasteiger partial charge in [-0.15, -0.1) is 0 Å². The van der Waals surface area contributed by atoms with Gasteiger partial charge in [0.1, 0.15) is 0 Å². The van der Waals surface area contributed by atoms with Crippen molar-refractivity contribution in [3.63, 3.8) is 0 Å². The first kappa shape index (κ1) is 17.1. The van der Waals surface area contributed by atoms with Gasteiger partial charge in [0.25, 0.3) is 5.24 Å². The standard InChI is InChI=1S/C15H14F2N2O4S2/c1-24-6-7-5-19(15(20)25-7)13-9-4-8(14-21-2-3-22-14)10(16)11(17)12(9)23-18-13/h4,7,14H,2-3,5-6H2,1H3. The Balaban J connectivity index is 1.77. The maximum absolute atomic E-state index is 14.4. The molecule has 1 atom stereocenters. The van der Waals surface area contributed by atoms with Gasteiger partial charge in [0.2, 0.25) is 11.4 Å². The van der Waals surface area contributed by atoms with Crippen molar-refractivity contribution in [2.45, 2.75) is 11.5 Å². The summed E-state index contributed by atoms with van der Waals surface area (Å²) < 4.78 is 44.2. The predicted octanol–water partition coefficient (Wildman–Crippen LogP) is 3.56. The molecule has 2 aliphatic rings. The van der Waals surface area contributed by atoms with Crippen LogP contribution in [0.15, 0.2) is 10.6 Å². The summed E-state index contributed by atoms with van der Waals surface area (Å²) in [5.41, 5.74) is -0.382. The van der Waals surface area contributed by atoms with Crippen LogP contribution in [0.4, 0.5) is 19.4 Å². The van der Waals surface area contributed by atoms with Crippen molar-refractivity contribution < 1.29 is 27.6 Å². The lowest BCUT2D eigenvalue weighted by Crippen LogP contribution is -2.25. The van der Waals surface area contributed by atoms with Crippen molar-refractivity contribution in [3.05, 3.63) is 23.3 Å². The lowest BCUT2D eigenvalue weighted by Gasteiger charge is -2.14. The summed E-state index contributed by atoms with van der Waals surface area (Å²) in [4.78, 5) is 13.7. The Hall–Kier alpha value is -1.36. The number of carbonyl (C=O) groups is 1. The maximum Gasteiger partial charge on any atom is 0.287 e. The number of halogens is 2. The number of amides is 1. The molecule has 1 aromatic heterocycles. The minimum absolute atomic E-state index is 0.0630. The fourth-order valence-electron chi connectivity index (χ4n) is 2.89. The van der Waals surface area contributed by atoms with Gasteiger partial charge in [-0.2, -0.15) is 16.2 Å². The molecule has 0 radical (unpaired) electrons. The average molecular weight is 388 g/mol. The minimum Gasteiger partial charge on any atom is -0.351 e. The molecule has 0 spiro atoms. The normalized spacial score (nSPS) is 21.8. The molecule has 10 heteroatoms. The van der Waals surface area contributed by atoms with Crippen molar-refractivity contribution in [2.75, 3.05) is 36.7 Å². The molecule has 4 rings (SSSR count). The number of hydrogen-bond acceptors (Lipinski definition) is 7. The Morgan fingerprint density at radius 1 is 1.36 bits per heavy atom. The Morgan fingerprint density at radius 2 is 2.12 bits per heavy atom. The number of ether oxygens (including phenoxy) is 2. The summed E-state index contributed by atoms with van der Waals surface area (Å²) in [6.45, 7) is 1.05. The second-order valence-electron chi connectivity index (χ2n) is 5.62. The predicted molar refractivity (Wildman–Crippen MR) is 91.1 cm³/mol. The Morgan fingerprint density at radius 3 is 2.84 bits per heavy atom. The van der Waals surface area contributed by atoms with Crippen LogP contribution in [0.2, 0.25) is 0 Å². The second kappa shape index (κ2) is 6.75. The lowest BCUT2D eigenvalue weighted by molar-refractivity contribution is -0.0467. The molecule has 0 aliphatic carbocycles. The highest BCUT2D eigenvalue weighted by molar-refractivity contribution is 8.15. The highest BCUT2D eigenvalue weighted by Gasteiger charge is 2.36. The molecular weight excluding hydrogens is 374 g/mol. The number of benzene rings is 1.